The molecule has 8 nitrogen and oxygen atoms in total. The minimum Gasteiger partial charge on any atom is -0.337 e. The van der Waals surface area contributed by atoms with E-state index in [0.717, 1.165) is 18.2 Å². The fourth-order valence-electron chi connectivity index (χ4n) is 2.64. The van der Waals surface area contributed by atoms with Crippen LogP contribution in [0.2, 0.25) is 0 Å². The van der Waals surface area contributed by atoms with Gasteiger partial charge in [0.15, 0.2) is 11.6 Å². The van der Waals surface area contributed by atoms with Crippen molar-refractivity contribution in [2.45, 2.75) is 4.90 Å². The Hall–Kier alpha value is -3.60. The molecule has 4 rings (SSSR count). The van der Waals surface area contributed by atoms with Gasteiger partial charge in [-0.2, -0.15) is 5.10 Å². The van der Waals surface area contributed by atoms with Gasteiger partial charge in [0, 0.05) is 25.0 Å². The topological polar surface area (TPSA) is 102 Å². The highest BCUT2D eigenvalue weighted by molar-refractivity contribution is 7.92. The largest absolute Gasteiger partial charge is 0.337 e. The van der Waals surface area contributed by atoms with Gasteiger partial charge in [-0.1, -0.05) is 12.1 Å². The summed E-state index contributed by atoms with van der Waals surface area (Å²) >= 11 is 0. The SMILES string of the molecule is Cn1cc(S(=O)(=O)Nc2nc3ccccc3nc2Nc2cc(F)cc(F)c2)cn1. The third kappa shape index (κ3) is 3.99. The van der Waals surface area contributed by atoms with Crippen molar-refractivity contribution in [1.82, 2.24) is 19.7 Å². The van der Waals surface area contributed by atoms with Crippen molar-refractivity contribution in [3.8, 4) is 0 Å². The monoisotopic (exact) mass is 416 g/mol. The van der Waals surface area contributed by atoms with Gasteiger partial charge >= 0.3 is 0 Å². The number of sulfonamides is 1. The summed E-state index contributed by atoms with van der Waals surface area (Å²) in [6, 6.07) is 9.64. The number of benzene rings is 2. The summed E-state index contributed by atoms with van der Waals surface area (Å²) in [5, 5.41) is 6.57. The molecule has 0 aliphatic carbocycles. The Kier molecular flexibility index (Phi) is 4.59. The summed E-state index contributed by atoms with van der Waals surface area (Å²) in [4.78, 5) is 8.58. The second-order valence-electron chi connectivity index (χ2n) is 6.15. The number of anilines is 3. The molecule has 0 atom stereocenters. The Bertz CT molecular complexity index is 1300. The third-order valence-electron chi connectivity index (χ3n) is 3.92. The number of aryl methyl sites for hydroxylation is 1. The smallest absolute Gasteiger partial charge is 0.266 e. The second-order valence-corrected chi connectivity index (χ2v) is 7.83. The van der Waals surface area contributed by atoms with Crippen LogP contribution in [0.15, 0.2) is 59.8 Å². The molecule has 0 unspecified atom stereocenters. The van der Waals surface area contributed by atoms with Crippen LogP contribution < -0.4 is 10.0 Å². The van der Waals surface area contributed by atoms with E-state index < -0.39 is 21.7 Å². The first kappa shape index (κ1) is 18.7. The molecule has 0 saturated carbocycles. The normalized spacial score (nSPS) is 11.6. The molecule has 0 fully saturated rings. The van der Waals surface area contributed by atoms with Gasteiger partial charge in [-0.05, 0) is 24.3 Å². The molecule has 0 spiro atoms. The van der Waals surface area contributed by atoms with E-state index in [1.165, 1.54) is 17.1 Å². The first-order valence-corrected chi connectivity index (χ1v) is 9.80. The lowest BCUT2D eigenvalue weighted by Gasteiger charge is -2.13. The molecule has 11 heteroatoms. The molecular formula is C18H14F2N6O2S. The van der Waals surface area contributed by atoms with E-state index in [-0.39, 0.29) is 22.2 Å². The number of para-hydroxylation sites is 2. The molecule has 29 heavy (non-hydrogen) atoms. The van der Waals surface area contributed by atoms with Crippen LogP contribution in [0, 0.1) is 11.6 Å². The standard InChI is InChI=1S/C18H14F2N6O2S/c1-26-10-14(9-21-26)29(27,28)25-18-17(22-13-7-11(19)6-12(20)8-13)23-15-4-2-3-5-16(15)24-18/h2-10H,1H3,(H,22,23)(H,24,25). The molecule has 148 valence electrons. The van der Waals surface area contributed by atoms with Crippen molar-refractivity contribution >= 4 is 38.4 Å². The minimum absolute atomic E-state index is 0.0128. The predicted molar refractivity (Wildman–Crippen MR) is 103 cm³/mol. The highest BCUT2D eigenvalue weighted by Gasteiger charge is 2.20. The molecule has 0 aliphatic rings. The average molecular weight is 416 g/mol. The average Bonchev–Trinajstić information content (AvgIpc) is 3.08. The van der Waals surface area contributed by atoms with Crippen molar-refractivity contribution in [3.63, 3.8) is 0 Å². The fraction of sp³-hybridized carbons (Fsp3) is 0.0556. The summed E-state index contributed by atoms with van der Waals surface area (Å²) in [5.74, 6) is -1.73. The molecule has 0 saturated heterocycles. The lowest BCUT2D eigenvalue weighted by Crippen LogP contribution is -2.15. The number of halogens is 2. The summed E-state index contributed by atoms with van der Waals surface area (Å²) in [7, 11) is -2.43. The quantitative estimate of drug-likeness (QED) is 0.518. The van der Waals surface area contributed by atoms with Crippen LogP contribution in [0.4, 0.5) is 26.1 Å². The summed E-state index contributed by atoms with van der Waals surface area (Å²) in [5.41, 5.74) is 0.956. The number of aromatic nitrogens is 4. The number of nitrogens with zero attached hydrogens (tertiary/aromatic N) is 4. The summed E-state index contributed by atoms with van der Waals surface area (Å²) in [6.07, 6.45) is 2.51. The van der Waals surface area contributed by atoms with Crippen LogP contribution in [0.25, 0.3) is 11.0 Å². The van der Waals surface area contributed by atoms with Gasteiger partial charge < -0.3 is 5.32 Å². The zero-order chi connectivity index (χ0) is 20.6. The first-order valence-electron chi connectivity index (χ1n) is 8.31. The Morgan fingerprint density at radius 2 is 1.59 bits per heavy atom. The van der Waals surface area contributed by atoms with E-state index in [2.05, 4.69) is 25.1 Å². The molecule has 0 bridgehead atoms. The molecule has 2 aromatic carbocycles. The van der Waals surface area contributed by atoms with Crippen molar-refractivity contribution in [2.75, 3.05) is 10.0 Å². The molecule has 4 aromatic rings. The first-order chi connectivity index (χ1) is 13.8. The van der Waals surface area contributed by atoms with E-state index in [9.17, 15) is 17.2 Å². The Balaban J connectivity index is 1.80. The molecule has 0 aliphatic heterocycles. The van der Waals surface area contributed by atoms with Gasteiger partial charge in [0.25, 0.3) is 10.0 Å². The van der Waals surface area contributed by atoms with Crippen LogP contribution in [0.5, 0.6) is 0 Å². The summed E-state index contributed by atoms with van der Waals surface area (Å²) in [6.45, 7) is 0. The van der Waals surface area contributed by atoms with E-state index in [1.807, 2.05) is 0 Å². The number of fused-ring (bicyclic) bond motifs is 1. The van der Waals surface area contributed by atoms with E-state index in [4.69, 9.17) is 0 Å². The summed E-state index contributed by atoms with van der Waals surface area (Å²) < 4.78 is 56.1. The number of hydrogen-bond donors (Lipinski definition) is 2. The lowest BCUT2D eigenvalue weighted by atomic mass is 10.3. The molecule has 2 N–H and O–H groups in total. The maximum atomic E-state index is 13.5. The highest BCUT2D eigenvalue weighted by Crippen LogP contribution is 2.27. The van der Waals surface area contributed by atoms with Gasteiger partial charge in [0.05, 0.1) is 17.2 Å². The van der Waals surface area contributed by atoms with Crippen molar-refractivity contribution in [2.24, 2.45) is 7.05 Å². The molecule has 0 radical (unpaired) electrons. The number of nitrogens with one attached hydrogen (secondary N) is 2. The third-order valence-corrected chi connectivity index (χ3v) is 5.21. The van der Waals surface area contributed by atoms with Crippen molar-refractivity contribution < 1.29 is 17.2 Å². The predicted octanol–water partition coefficient (Wildman–Crippen LogP) is 3.19. The maximum absolute atomic E-state index is 13.5. The zero-order valence-electron chi connectivity index (χ0n) is 15.0. The van der Waals surface area contributed by atoms with E-state index in [1.54, 1.807) is 31.3 Å². The van der Waals surface area contributed by atoms with Crippen LogP contribution in [-0.2, 0) is 17.1 Å². The fourth-order valence-corrected chi connectivity index (χ4v) is 3.64. The highest BCUT2D eigenvalue weighted by atomic mass is 32.2. The molecular weight excluding hydrogens is 402 g/mol. The van der Waals surface area contributed by atoms with Gasteiger partial charge in [-0.3, -0.25) is 9.40 Å². The van der Waals surface area contributed by atoms with Gasteiger partial charge in [-0.15, -0.1) is 0 Å². The van der Waals surface area contributed by atoms with Crippen molar-refractivity contribution in [1.29, 1.82) is 0 Å². The maximum Gasteiger partial charge on any atom is 0.266 e. The van der Waals surface area contributed by atoms with Gasteiger partial charge in [0.1, 0.15) is 16.5 Å². The van der Waals surface area contributed by atoms with Crippen molar-refractivity contribution in [3.05, 3.63) is 66.5 Å². The van der Waals surface area contributed by atoms with E-state index in [0.29, 0.717) is 11.0 Å². The second kappa shape index (κ2) is 7.09. The van der Waals surface area contributed by atoms with Gasteiger partial charge in [0.2, 0.25) is 0 Å². The van der Waals surface area contributed by atoms with Gasteiger partial charge in [-0.25, -0.2) is 27.2 Å². The van der Waals surface area contributed by atoms with Crippen LogP contribution in [0.3, 0.4) is 0 Å². The van der Waals surface area contributed by atoms with E-state index >= 15 is 0 Å². The number of hydrogen-bond acceptors (Lipinski definition) is 6. The molecule has 2 aromatic heterocycles. The minimum atomic E-state index is -4.02. The Morgan fingerprint density at radius 1 is 0.966 bits per heavy atom. The lowest BCUT2D eigenvalue weighted by molar-refractivity contribution is 0.584. The Labute approximate surface area is 164 Å². The van der Waals surface area contributed by atoms with Crippen LogP contribution >= 0.6 is 0 Å². The Morgan fingerprint density at radius 3 is 2.17 bits per heavy atom. The zero-order valence-corrected chi connectivity index (χ0v) is 15.8. The van der Waals surface area contributed by atoms with Crippen LogP contribution in [0.1, 0.15) is 0 Å². The molecule has 0 amide bonds. The number of rotatable bonds is 5. The van der Waals surface area contributed by atoms with Crippen LogP contribution in [-0.4, -0.2) is 28.2 Å². The molecule has 2 heterocycles.